The van der Waals surface area contributed by atoms with Crippen molar-refractivity contribution >= 4 is 34.5 Å². The van der Waals surface area contributed by atoms with Gasteiger partial charge in [0.1, 0.15) is 5.02 Å². The van der Waals surface area contributed by atoms with Crippen LogP contribution in [0.15, 0.2) is 35.0 Å². The average Bonchev–Trinajstić information content (AvgIpc) is 3.17. The molecule has 7 nitrogen and oxygen atoms in total. The lowest BCUT2D eigenvalue weighted by atomic mass is 10.1. The molecular weight excluding hydrogens is 378 g/mol. The van der Waals surface area contributed by atoms with Gasteiger partial charge in [0, 0.05) is 31.3 Å². The summed E-state index contributed by atoms with van der Waals surface area (Å²) in [5.74, 6) is -0.363. The standard InChI is InChI=1S/C17H18ClN3O4S/c18-14-2-1-12(9-15(14)21(23)24)17(22)19-10-16(13-3-8-26-11-13)20-4-6-25-7-5-20/h1-3,8-9,11,16H,4-7,10H2,(H,19,22). The number of carbonyl (C=O) groups is 1. The van der Waals surface area contributed by atoms with Crippen LogP contribution in [0.2, 0.25) is 5.02 Å². The second kappa shape index (κ2) is 8.59. The van der Waals surface area contributed by atoms with E-state index < -0.39 is 4.92 Å². The molecule has 9 heteroatoms. The van der Waals surface area contributed by atoms with Crippen LogP contribution in [0.3, 0.4) is 0 Å². The highest BCUT2D eigenvalue weighted by molar-refractivity contribution is 7.07. The molecule has 1 aliphatic heterocycles. The molecule has 1 saturated heterocycles. The maximum absolute atomic E-state index is 12.5. The van der Waals surface area contributed by atoms with Crippen molar-refractivity contribution in [3.63, 3.8) is 0 Å². The topological polar surface area (TPSA) is 84.7 Å². The molecule has 1 N–H and O–H groups in total. The van der Waals surface area contributed by atoms with Gasteiger partial charge in [0.05, 0.1) is 24.2 Å². The minimum absolute atomic E-state index is 0.0102. The van der Waals surface area contributed by atoms with E-state index in [2.05, 4.69) is 15.6 Å². The molecule has 0 radical (unpaired) electrons. The number of nitrogens with one attached hydrogen (secondary N) is 1. The lowest BCUT2D eigenvalue weighted by molar-refractivity contribution is -0.384. The Morgan fingerprint density at radius 2 is 2.15 bits per heavy atom. The molecule has 1 atom stereocenters. The van der Waals surface area contributed by atoms with Gasteiger partial charge in [-0.25, -0.2) is 0 Å². The van der Waals surface area contributed by atoms with E-state index >= 15 is 0 Å². The van der Waals surface area contributed by atoms with E-state index in [1.54, 1.807) is 11.3 Å². The number of benzene rings is 1. The zero-order valence-corrected chi connectivity index (χ0v) is 15.5. The van der Waals surface area contributed by atoms with E-state index in [0.717, 1.165) is 18.7 Å². The van der Waals surface area contributed by atoms with E-state index in [4.69, 9.17) is 16.3 Å². The summed E-state index contributed by atoms with van der Waals surface area (Å²) in [4.78, 5) is 25.1. The van der Waals surface area contributed by atoms with Crippen molar-refractivity contribution in [3.8, 4) is 0 Å². The van der Waals surface area contributed by atoms with Crippen molar-refractivity contribution in [1.82, 2.24) is 10.2 Å². The SMILES string of the molecule is O=C(NCC(c1ccsc1)N1CCOCC1)c1ccc(Cl)c([N+](=O)[O-])c1. The first kappa shape index (κ1) is 18.8. The number of rotatable bonds is 6. The number of hydrogen-bond donors (Lipinski definition) is 1. The molecule has 1 aromatic heterocycles. The largest absolute Gasteiger partial charge is 0.379 e. The molecule has 0 aliphatic carbocycles. The number of hydrogen-bond acceptors (Lipinski definition) is 6. The van der Waals surface area contributed by atoms with Crippen molar-refractivity contribution in [2.75, 3.05) is 32.8 Å². The summed E-state index contributed by atoms with van der Waals surface area (Å²) in [5.41, 5.74) is 1.08. The molecule has 138 valence electrons. The first-order valence-corrected chi connectivity index (χ1v) is 9.44. The minimum atomic E-state index is -0.596. The molecule has 1 fully saturated rings. The highest BCUT2D eigenvalue weighted by Gasteiger charge is 2.24. The Morgan fingerprint density at radius 3 is 2.81 bits per heavy atom. The first-order valence-electron chi connectivity index (χ1n) is 8.12. The summed E-state index contributed by atoms with van der Waals surface area (Å²) in [7, 11) is 0. The van der Waals surface area contributed by atoms with E-state index in [1.807, 2.05) is 11.4 Å². The van der Waals surface area contributed by atoms with Crippen molar-refractivity contribution in [2.45, 2.75) is 6.04 Å². The molecule has 2 aromatic rings. The normalized spacial score (nSPS) is 16.2. The average molecular weight is 396 g/mol. The van der Waals surface area contributed by atoms with Gasteiger partial charge in [-0.1, -0.05) is 11.6 Å². The van der Waals surface area contributed by atoms with E-state index in [9.17, 15) is 14.9 Å². The Kier molecular flexibility index (Phi) is 6.20. The summed E-state index contributed by atoms with van der Waals surface area (Å²) in [6.45, 7) is 3.33. The molecule has 1 aromatic carbocycles. The molecule has 0 spiro atoms. The molecule has 1 unspecified atom stereocenters. The van der Waals surface area contributed by atoms with Crippen LogP contribution >= 0.6 is 22.9 Å². The third kappa shape index (κ3) is 4.39. The van der Waals surface area contributed by atoms with Gasteiger partial charge in [-0.2, -0.15) is 11.3 Å². The number of carbonyl (C=O) groups excluding carboxylic acids is 1. The van der Waals surface area contributed by atoms with Gasteiger partial charge in [0.2, 0.25) is 0 Å². The highest BCUT2D eigenvalue weighted by Crippen LogP contribution is 2.26. The van der Waals surface area contributed by atoms with E-state index in [-0.39, 0.29) is 28.2 Å². The third-order valence-corrected chi connectivity index (χ3v) is 5.30. The number of halogens is 1. The number of nitro benzene ring substituents is 1. The number of ether oxygens (including phenoxy) is 1. The second-order valence-corrected chi connectivity index (χ2v) is 7.04. The van der Waals surface area contributed by atoms with Gasteiger partial charge in [-0.15, -0.1) is 0 Å². The summed E-state index contributed by atoms with van der Waals surface area (Å²) in [6, 6.07) is 6.14. The fraction of sp³-hybridized carbons (Fsp3) is 0.353. The van der Waals surface area contributed by atoms with Crippen molar-refractivity contribution < 1.29 is 14.5 Å². The lowest BCUT2D eigenvalue weighted by Crippen LogP contribution is -2.43. The number of amides is 1. The summed E-state index contributed by atoms with van der Waals surface area (Å²) >= 11 is 7.41. The van der Waals surface area contributed by atoms with Gasteiger partial charge in [0.15, 0.2) is 0 Å². The van der Waals surface area contributed by atoms with Gasteiger partial charge in [-0.3, -0.25) is 19.8 Å². The third-order valence-electron chi connectivity index (χ3n) is 4.28. The van der Waals surface area contributed by atoms with Crippen molar-refractivity contribution in [3.05, 3.63) is 61.3 Å². The van der Waals surface area contributed by atoms with E-state index in [0.29, 0.717) is 19.8 Å². The van der Waals surface area contributed by atoms with Crippen LogP contribution in [0.5, 0.6) is 0 Å². The quantitative estimate of drug-likeness (QED) is 0.600. The fourth-order valence-corrected chi connectivity index (χ4v) is 3.79. The van der Waals surface area contributed by atoms with E-state index in [1.165, 1.54) is 18.2 Å². The minimum Gasteiger partial charge on any atom is -0.379 e. The molecule has 1 aliphatic rings. The Hall–Kier alpha value is -2.00. The fourth-order valence-electron chi connectivity index (χ4n) is 2.90. The maximum Gasteiger partial charge on any atom is 0.288 e. The zero-order valence-electron chi connectivity index (χ0n) is 13.9. The number of morpholine rings is 1. The smallest absolute Gasteiger partial charge is 0.288 e. The summed E-state index contributed by atoms with van der Waals surface area (Å²) in [5, 5.41) is 18.0. The Labute approximate surface area is 159 Å². The Balaban J connectivity index is 1.71. The predicted molar refractivity (Wildman–Crippen MR) is 99.9 cm³/mol. The molecule has 3 rings (SSSR count). The molecular formula is C17H18ClN3O4S. The number of nitrogens with zero attached hydrogens (tertiary/aromatic N) is 2. The second-order valence-electron chi connectivity index (χ2n) is 5.85. The van der Waals surface area contributed by atoms with Crippen molar-refractivity contribution in [2.24, 2.45) is 0 Å². The lowest BCUT2D eigenvalue weighted by Gasteiger charge is -2.34. The monoisotopic (exact) mass is 395 g/mol. The van der Waals surface area contributed by atoms with Crippen LogP contribution in [0, 0.1) is 10.1 Å². The highest BCUT2D eigenvalue weighted by atomic mass is 35.5. The Morgan fingerprint density at radius 1 is 1.38 bits per heavy atom. The molecule has 0 bridgehead atoms. The van der Waals surface area contributed by atoms with Gasteiger partial charge in [-0.05, 0) is 34.5 Å². The molecule has 26 heavy (non-hydrogen) atoms. The maximum atomic E-state index is 12.5. The summed E-state index contributed by atoms with van der Waals surface area (Å²) < 4.78 is 5.41. The molecule has 1 amide bonds. The number of nitro groups is 1. The zero-order chi connectivity index (χ0) is 18.5. The molecule has 2 heterocycles. The van der Waals surface area contributed by atoms with Crippen LogP contribution in [0.25, 0.3) is 0 Å². The summed E-state index contributed by atoms with van der Waals surface area (Å²) in [6.07, 6.45) is 0. The van der Waals surface area contributed by atoms with Crippen LogP contribution in [0.4, 0.5) is 5.69 Å². The van der Waals surface area contributed by atoms with Gasteiger partial charge in [0.25, 0.3) is 11.6 Å². The van der Waals surface area contributed by atoms with Crippen LogP contribution in [-0.4, -0.2) is 48.6 Å². The van der Waals surface area contributed by atoms with Crippen LogP contribution in [-0.2, 0) is 4.74 Å². The Bertz CT molecular complexity index is 778. The predicted octanol–water partition coefficient (Wildman–Crippen LogP) is 3.11. The molecule has 0 saturated carbocycles. The first-order chi connectivity index (χ1) is 12.6. The van der Waals surface area contributed by atoms with Crippen LogP contribution in [0.1, 0.15) is 22.0 Å². The van der Waals surface area contributed by atoms with Crippen molar-refractivity contribution in [1.29, 1.82) is 0 Å². The van der Waals surface area contributed by atoms with Crippen LogP contribution < -0.4 is 5.32 Å². The van der Waals surface area contributed by atoms with Gasteiger partial charge < -0.3 is 10.1 Å². The number of thiophene rings is 1. The van der Waals surface area contributed by atoms with Gasteiger partial charge >= 0.3 is 0 Å².